The molecular weight excluding hydrogens is 357 g/mol. The van der Waals surface area contributed by atoms with Gasteiger partial charge in [-0.3, -0.25) is 0 Å². The molecule has 0 saturated carbocycles. The summed E-state index contributed by atoms with van der Waals surface area (Å²) >= 11 is 12.1. The number of aromatic nitrogens is 2. The summed E-state index contributed by atoms with van der Waals surface area (Å²) in [4.78, 5) is 8.43. The fourth-order valence-corrected chi connectivity index (χ4v) is 2.95. The van der Waals surface area contributed by atoms with Crippen molar-refractivity contribution in [3.05, 3.63) is 63.9 Å². The Labute approximate surface area is 156 Å². The Morgan fingerprint density at radius 2 is 1.52 bits per heavy atom. The normalized spacial score (nSPS) is 10.6. The first-order valence-corrected chi connectivity index (χ1v) is 8.36. The van der Waals surface area contributed by atoms with Crippen molar-refractivity contribution in [2.75, 3.05) is 16.4 Å². The molecule has 0 radical (unpaired) electrons. The van der Waals surface area contributed by atoms with Crippen LogP contribution < -0.4 is 16.4 Å². The number of nitrogens with one attached hydrogen (secondary N) is 2. The molecular formula is C18H17Cl2N5. The molecule has 128 valence electrons. The lowest BCUT2D eigenvalue weighted by atomic mass is 10.1. The van der Waals surface area contributed by atoms with E-state index in [9.17, 15) is 0 Å². The minimum Gasteiger partial charge on any atom is -0.393 e. The summed E-state index contributed by atoms with van der Waals surface area (Å²) in [5.41, 5.74) is 10.5. The third kappa shape index (κ3) is 4.13. The molecule has 2 aromatic carbocycles. The maximum absolute atomic E-state index is 6.22. The Balaban J connectivity index is 1.89. The second-order valence-corrected chi connectivity index (χ2v) is 6.58. The molecule has 3 aromatic rings. The zero-order valence-electron chi connectivity index (χ0n) is 13.8. The molecule has 0 aliphatic rings. The van der Waals surface area contributed by atoms with Crippen LogP contribution >= 0.6 is 23.2 Å². The smallest absolute Gasteiger partial charge is 0.159 e. The van der Waals surface area contributed by atoms with Crippen LogP contribution in [0.15, 0.2) is 42.7 Å². The molecule has 0 bridgehead atoms. The molecule has 4 N–H and O–H groups in total. The van der Waals surface area contributed by atoms with Gasteiger partial charge in [-0.15, -0.1) is 0 Å². The number of halogens is 2. The van der Waals surface area contributed by atoms with Crippen molar-refractivity contribution in [1.82, 2.24) is 9.97 Å². The molecule has 1 aromatic heterocycles. The third-order valence-electron chi connectivity index (χ3n) is 3.55. The molecule has 0 fully saturated rings. The highest BCUT2D eigenvalue weighted by molar-refractivity contribution is 6.36. The van der Waals surface area contributed by atoms with E-state index in [4.69, 9.17) is 28.9 Å². The van der Waals surface area contributed by atoms with Gasteiger partial charge in [0.15, 0.2) is 11.6 Å². The highest BCUT2D eigenvalue weighted by atomic mass is 35.5. The fraction of sp³-hybridized carbons (Fsp3) is 0.111. The van der Waals surface area contributed by atoms with Crippen LogP contribution in [0.1, 0.15) is 11.1 Å². The molecule has 0 spiro atoms. The Kier molecular flexibility index (Phi) is 4.97. The minimum atomic E-state index is 0.396. The average molecular weight is 374 g/mol. The molecule has 0 saturated heterocycles. The molecule has 5 nitrogen and oxygen atoms in total. The summed E-state index contributed by atoms with van der Waals surface area (Å²) in [7, 11) is 0. The van der Waals surface area contributed by atoms with Crippen molar-refractivity contribution >= 4 is 51.9 Å². The first kappa shape index (κ1) is 17.3. The molecule has 25 heavy (non-hydrogen) atoms. The number of hydrogen-bond acceptors (Lipinski definition) is 5. The SMILES string of the molecule is Cc1cc(C)cc(Nc2ncnc(Nc3ccc(Cl)cc3Cl)c2N)c1. The maximum atomic E-state index is 6.22. The summed E-state index contributed by atoms with van der Waals surface area (Å²) in [6.07, 6.45) is 1.44. The van der Waals surface area contributed by atoms with E-state index in [1.54, 1.807) is 18.2 Å². The van der Waals surface area contributed by atoms with Crippen LogP contribution in [-0.4, -0.2) is 9.97 Å². The van der Waals surface area contributed by atoms with Gasteiger partial charge in [0.2, 0.25) is 0 Å². The Hall–Kier alpha value is -2.50. The largest absolute Gasteiger partial charge is 0.393 e. The number of benzene rings is 2. The van der Waals surface area contributed by atoms with Crippen LogP contribution in [0.25, 0.3) is 0 Å². The molecule has 0 unspecified atom stereocenters. The lowest BCUT2D eigenvalue weighted by molar-refractivity contribution is 1.17. The number of rotatable bonds is 4. The van der Waals surface area contributed by atoms with E-state index in [0.717, 1.165) is 16.8 Å². The topological polar surface area (TPSA) is 75.9 Å². The third-order valence-corrected chi connectivity index (χ3v) is 4.10. The first-order chi connectivity index (χ1) is 11.9. The van der Waals surface area contributed by atoms with Crippen molar-refractivity contribution in [1.29, 1.82) is 0 Å². The standard InChI is InChI=1S/C18H17Cl2N5/c1-10-5-11(2)7-13(6-10)24-17-16(21)18(23-9-22-17)25-15-4-3-12(19)8-14(15)20/h3-9H,21H2,1-2H3,(H2,22,23,24,25). The van der Waals surface area contributed by atoms with Crippen molar-refractivity contribution < 1.29 is 0 Å². The quantitative estimate of drug-likeness (QED) is 0.565. The van der Waals surface area contributed by atoms with Crippen molar-refractivity contribution in [3.63, 3.8) is 0 Å². The van der Waals surface area contributed by atoms with Crippen LogP contribution in [-0.2, 0) is 0 Å². The van der Waals surface area contributed by atoms with Crippen molar-refractivity contribution in [2.45, 2.75) is 13.8 Å². The highest BCUT2D eigenvalue weighted by Crippen LogP contribution is 2.32. The van der Waals surface area contributed by atoms with Crippen LogP contribution in [0.4, 0.5) is 28.7 Å². The van der Waals surface area contributed by atoms with Crippen molar-refractivity contribution in [3.8, 4) is 0 Å². The molecule has 0 atom stereocenters. The first-order valence-electron chi connectivity index (χ1n) is 7.60. The summed E-state index contributed by atoms with van der Waals surface area (Å²) in [5.74, 6) is 0.985. The summed E-state index contributed by atoms with van der Waals surface area (Å²) in [6.45, 7) is 4.08. The summed E-state index contributed by atoms with van der Waals surface area (Å²) < 4.78 is 0. The molecule has 1 heterocycles. The van der Waals surface area contributed by atoms with Gasteiger partial charge in [-0.2, -0.15) is 0 Å². The number of nitrogens with zero attached hydrogens (tertiary/aromatic N) is 2. The Morgan fingerprint density at radius 3 is 2.16 bits per heavy atom. The van der Waals surface area contributed by atoms with Crippen LogP contribution in [0.2, 0.25) is 10.0 Å². The van der Waals surface area contributed by atoms with Gasteiger partial charge in [0, 0.05) is 10.7 Å². The maximum Gasteiger partial charge on any atom is 0.159 e. The van der Waals surface area contributed by atoms with E-state index in [-0.39, 0.29) is 0 Å². The second kappa shape index (κ2) is 7.17. The van der Waals surface area contributed by atoms with Gasteiger partial charge in [-0.05, 0) is 55.3 Å². The number of hydrogen-bond donors (Lipinski definition) is 3. The molecule has 3 rings (SSSR count). The lowest BCUT2D eigenvalue weighted by Crippen LogP contribution is -2.05. The number of nitrogens with two attached hydrogens (primary N) is 1. The Morgan fingerprint density at radius 1 is 0.880 bits per heavy atom. The average Bonchev–Trinajstić information content (AvgIpc) is 2.52. The van der Waals surface area contributed by atoms with Crippen LogP contribution in [0.5, 0.6) is 0 Å². The highest BCUT2D eigenvalue weighted by Gasteiger charge is 2.11. The summed E-state index contributed by atoms with van der Waals surface area (Å²) in [5, 5.41) is 7.38. The van der Waals surface area contributed by atoms with E-state index in [1.165, 1.54) is 6.33 Å². The van der Waals surface area contributed by atoms with Gasteiger partial charge in [0.25, 0.3) is 0 Å². The van der Waals surface area contributed by atoms with E-state index in [2.05, 4.69) is 26.7 Å². The molecule has 0 aliphatic heterocycles. The number of nitrogen functional groups attached to an aromatic ring is 1. The number of anilines is 5. The van der Waals surface area contributed by atoms with E-state index >= 15 is 0 Å². The predicted molar refractivity (Wildman–Crippen MR) is 105 cm³/mol. The molecule has 7 heteroatoms. The molecule has 0 aliphatic carbocycles. The zero-order valence-corrected chi connectivity index (χ0v) is 15.3. The van der Waals surface area contributed by atoms with Gasteiger partial charge >= 0.3 is 0 Å². The molecule has 0 amide bonds. The van der Waals surface area contributed by atoms with Gasteiger partial charge in [-0.1, -0.05) is 29.3 Å². The van der Waals surface area contributed by atoms with Gasteiger partial charge in [0.1, 0.15) is 12.0 Å². The predicted octanol–water partition coefficient (Wildman–Crippen LogP) is 5.47. The lowest BCUT2D eigenvalue weighted by Gasteiger charge is -2.14. The van der Waals surface area contributed by atoms with Crippen LogP contribution in [0, 0.1) is 13.8 Å². The monoisotopic (exact) mass is 373 g/mol. The van der Waals surface area contributed by atoms with Gasteiger partial charge < -0.3 is 16.4 Å². The minimum absolute atomic E-state index is 0.396. The van der Waals surface area contributed by atoms with Gasteiger partial charge in [-0.25, -0.2) is 9.97 Å². The van der Waals surface area contributed by atoms with Crippen molar-refractivity contribution in [2.24, 2.45) is 0 Å². The van der Waals surface area contributed by atoms with Crippen LogP contribution in [0.3, 0.4) is 0 Å². The number of aryl methyl sites for hydroxylation is 2. The van der Waals surface area contributed by atoms with Gasteiger partial charge in [0.05, 0.1) is 10.7 Å². The summed E-state index contributed by atoms with van der Waals surface area (Å²) in [6, 6.07) is 11.3. The van der Waals surface area contributed by atoms with E-state index < -0.39 is 0 Å². The fourth-order valence-electron chi connectivity index (χ4n) is 2.50. The second-order valence-electron chi connectivity index (χ2n) is 5.74. The Bertz CT molecular complexity index is 907. The van der Waals surface area contributed by atoms with E-state index in [1.807, 2.05) is 26.0 Å². The zero-order chi connectivity index (χ0) is 18.0. The van der Waals surface area contributed by atoms with E-state index in [0.29, 0.717) is 33.1 Å².